The molecule has 0 aliphatic carbocycles. The van der Waals surface area contributed by atoms with E-state index in [2.05, 4.69) is 19.1 Å². The van der Waals surface area contributed by atoms with Gasteiger partial charge in [0, 0.05) is 0 Å². The monoisotopic (exact) mass is 352 g/mol. The van der Waals surface area contributed by atoms with E-state index in [0.29, 0.717) is 5.75 Å². The summed E-state index contributed by atoms with van der Waals surface area (Å²) in [5, 5.41) is 19.6. The molecule has 2 aromatic carbocycles. The molecule has 0 amide bonds. The van der Waals surface area contributed by atoms with Crippen molar-refractivity contribution in [1.82, 2.24) is 0 Å². The minimum atomic E-state index is -0.539. The number of aromatic hydroxyl groups is 1. The third kappa shape index (κ3) is 3.59. The zero-order valence-corrected chi connectivity index (χ0v) is 15.1. The van der Waals surface area contributed by atoms with E-state index in [0.717, 1.165) is 31.1 Å². The minimum Gasteiger partial charge on any atom is -0.515 e. The van der Waals surface area contributed by atoms with E-state index in [1.807, 2.05) is 24.3 Å². The van der Waals surface area contributed by atoms with Crippen molar-refractivity contribution in [1.29, 1.82) is 0 Å². The number of aliphatic hydroxyl groups excluding tert-OH is 1. The van der Waals surface area contributed by atoms with E-state index in [4.69, 9.17) is 4.74 Å². The molecule has 0 saturated carbocycles. The highest BCUT2D eigenvalue weighted by Crippen LogP contribution is 2.39. The van der Waals surface area contributed by atoms with Crippen LogP contribution >= 0.6 is 0 Å². The van der Waals surface area contributed by atoms with Gasteiger partial charge < -0.3 is 14.9 Å². The molecular formula is C22H24O4. The van der Waals surface area contributed by atoms with Gasteiger partial charge in [0.2, 0.25) is 5.78 Å². The normalized spacial score (nSPS) is 19.1. The Kier molecular flexibility index (Phi) is 5.31. The minimum absolute atomic E-state index is 0.0938. The van der Waals surface area contributed by atoms with Crippen LogP contribution in [0.3, 0.4) is 0 Å². The lowest BCUT2D eigenvalue weighted by atomic mass is 9.89. The van der Waals surface area contributed by atoms with Crippen molar-refractivity contribution in [3.8, 4) is 11.5 Å². The fraction of sp³-hybridized carbons (Fsp3) is 0.318. The Morgan fingerprint density at radius 2 is 1.96 bits per heavy atom. The molecule has 2 N–H and O–H groups in total. The van der Waals surface area contributed by atoms with Crippen LogP contribution in [-0.4, -0.2) is 22.1 Å². The number of benzene rings is 2. The highest BCUT2D eigenvalue weighted by Gasteiger charge is 2.32. The Morgan fingerprint density at radius 1 is 1.23 bits per heavy atom. The molecule has 2 atom stereocenters. The van der Waals surface area contributed by atoms with Gasteiger partial charge >= 0.3 is 0 Å². The number of fused-ring (bicyclic) bond motifs is 1. The zero-order chi connectivity index (χ0) is 18.7. The summed E-state index contributed by atoms with van der Waals surface area (Å²) in [4.78, 5) is 12.4. The average Bonchev–Trinajstić information content (AvgIpc) is 2.62. The lowest BCUT2D eigenvalue weighted by Crippen LogP contribution is -2.28. The largest absolute Gasteiger partial charge is 0.515 e. The van der Waals surface area contributed by atoms with E-state index >= 15 is 0 Å². The van der Waals surface area contributed by atoms with Gasteiger partial charge in [-0.25, -0.2) is 0 Å². The van der Waals surface area contributed by atoms with Crippen LogP contribution in [0.1, 0.15) is 54.1 Å². The second-order valence-electron chi connectivity index (χ2n) is 6.87. The average molecular weight is 352 g/mol. The summed E-state index contributed by atoms with van der Waals surface area (Å²) in [5.41, 5.74) is 2.55. The molecule has 0 saturated heterocycles. The Labute approximate surface area is 153 Å². The van der Waals surface area contributed by atoms with E-state index in [-0.39, 0.29) is 28.6 Å². The predicted molar refractivity (Wildman–Crippen MR) is 101 cm³/mol. The molecule has 2 unspecified atom stereocenters. The van der Waals surface area contributed by atoms with Crippen molar-refractivity contribution in [3.05, 3.63) is 71.0 Å². The van der Waals surface area contributed by atoms with Crippen molar-refractivity contribution >= 4 is 5.78 Å². The Balaban J connectivity index is 1.74. The summed E-state index contributed by atoms with van der Waals surface area (Å²) >= 11 is 0. The molecule has 26 heavy (non-hydrogen) atoms. The van der Waals surface area contributed by atoms with Crippen molar-refractivity contribution in [2.75, 3.05) is 0 Å². The first-order valence-electron chi connectivity index (χ1n) is 8.97. The molecule has 1 aliphatic rings. The fourth-order valence-electron chi connectivity index (χ4n) is 3.40. The molecule has 1 heterocycles. The van der Waals surface area contributed by atoms with Crippen LogP contribution < -0.4 is 4.74 Å². The number of carbonyl (C=O) groups is 1. The number of ether oxygens (including phenoxy) is 1. The molecule has 136 valence electrons. The number of rotatable bonds is 5. The third-order valence-corrected chi connectivity index (χ3v) is 4.99. The van der Waals surface area contributed by atoms with Crippen LogP contribution in [0.5, 0.6) is 11.5 Å². The smallest absolute Gasteiger partial charge is 0.203 e. The van der Waals surface area contributed by atoms with Crippen LogP contribution in [0.15, 0.2) is 54.3 Å². The first-order chi connectivity index (χ1) is 12.5. The van der Waals surface area contributed by atoms with Gasteiger partial charge in [0.25, 0.3) is 0 Å². The Morgan fingerprint density at radius 3 is 2.65 bits per heavy atom. The number of hydrogen-bond donors (Lipinski definition) is 2. The van der Waals surface area contributed by atoms with Crippen molar-refractivity contribution in [2.24, 2.45) is 0 Å². The van der Waals surface area contributed by atoms with Crippen molar-refractivity contribution in [3.63, 3.8) is 0 Å². The van der Waals surface area contributed by atoms with E-state index < -0.39 is 6.10 Å². The second-order valence-corrected chi connectivity index (χ2v) is 6.87. The number of ketones is 1. The van der Waals surface area contributed by atoms with Crippen LogP contribution in [0, 0.1) is 0 Å². The van der Waals surface area contributed by atoms with Gasteiger partial charge in [0.05, 0.1) is 11.8 Å². The number of Topliss-reactive ketones (excluding diaryl/α,β-unsaturated/α-hetero) is 1. The highest BCUT2D eigenvalue weighted by molar-refractivity contribution is 6.13. The van der Waals surface area contributed by atoms with E-state index in [1.54, 1.807) is 13.0 Å². The number of aliphatic hydroxyl groups is 1. The summed E-state index contributed by atoms with van der Waals surface area (Å²) in [6.07, 6.45) is 3.24. The lowest BCUT2D eigenvalue weighted by Gasteiger charge is -2.26. The van der Waals surface area contributed by atoms with E-state index in [1.165, 1.54) is 5.56 Å². The maximum absolute atomic E-state index is 12.4. The summed E-state index contributed by atoms with van der Waals surface area (Å²) in [7, 11) is 0. The standard InChI is InChI=1S/C22H24O4/c1-14(7-6-10-16-8-4-3-5-9-16)17-11-19(24)21-20(12-17)26-15(2)18(13-23)22(21)25/h3-5,8-9,11-15,23-24H,6-7,10H2,1-2H3/b18-13+. The maximum atomic E-state index is 12.4. The first kappa shape index (κ1) is 18.1. The molecule has 0 spiro atoms. The molecule has 4 heteroatoms. The first-order valence-corrected chi connectivity index (χ1v) is 8.97. The Bertz CT molecular complexity index is 824. The fourth-order valence-corrected chi connectivity index (χ4v) is 3.40. The molecule has 1 aliphatic heterocycles. The number of phenols is 1. The van der Waals surface area contributed by atoms with Gasteiger partial charge in [-0.2, -0.15) is 0 Å². The van der Waals surface area contributed by atoms with Crippen LogP contribution in [-0.2, 0) is 6.42 Å². The predicted octanol–water partition coefficient (Wildman–Crippen LogP) is 4.92. The van der Waals surface area contributed by atoms with Gasteiger partial charge in [0.1, 0.15) is 23.2 Å². The molecule has 4 nitrogen and oxygen atoms in total. The van der Waals surface area contributed by atoms with Gasteiger partial charge in [-0.1, -0.05) is 37.3 Å². The number of aryl methyl sites for hydroxylation is 1. The number of carbonyl (C=O) groups excluding carboxylic acids is 1. The summed E-state index contributed by atoms with van der Waals surface area (Å²) in [6, 6.07) is 13.8. The molecular weight excluding hydrogens is 328 g/mol. The van der Waals surface area contributed by atoms with Gasteiger partial charge in [-0.3, -0.25) is 4.79 Å². The maximum Gasteiger partial charge on any atom is 0.203 e. The molecule has 0 bridgehead atoms. The molecule has 0 fully saturated rings. The quantitative estimate of drug-likeness (QED) is 0.592. The second kappa shape index (κ2) is 7.65. The summed E-state index contributed by atoms with van der Waals surface area (Å²) < 4.78 is 5.74. The van der Waals surface area contributed by atoms with E-state index in [9.17, 15) is 15.0 Å². The molecule has 2 aromatic rings. The van der Waals surface area contributed by atoms with Gasteiger partial charge in [0.15, 0.2) is 0 Å². The summed E-state index contributed by atoms with van der Waals surface area (Å²) in [5.74, 6) is 0.141. The summed E-state index contributed by atoms with van der Waals surface area (Å²) in [6.45, 7) is 3.81. The SMILES string of the molecule is CC1Oc2cc(C(C)CCCc3ccccc3)cc(O)c2C(=O)/C1=C/O. The van der Waals surface area contributed by atoms with Crippen LogP contribution in [0.25, 0.3) is 0 Å². The zero-order valence-electron chi connectivity index (χ0n) is 15.1. The molecule has 0 radical (unpaired) electrons. The lowest BCUT2D eigenvalue weighted by molar-refractivity contribution is 0.0960. The topological polar surface area (TPSA) is 66.8 Å². The number of hydrogen-bond acceptors (Lipinski definition) is 4. The Hall–Kier alpha value is -2.75. The molecule has 0 aromatic heterocycles. The highest BCUT2D eigenvalue weighted by atomic mass is 16.5. The van der Waals surface area contributed by atoms with Crippen LogP contribution in [0.4, 0.5) is 0 Å². The van der Waals surface area contributed by atoms with Crippen molar-refractivity contribution in [2.45, 2.75) is 45.1 Å². The van der Waals surface area contributed by atoms with Crippen LogP contribution in [0.2, 0.25) is 0 Å². The van der Waals surface area contributed by atoms with Gasteiger partial charge in [-0.05, 0) is 55.4 Å². The third-order valence-electron chi connectivity index (χ3n) is 4.99. The number of phenolic OH excluding ortho intramolecular Hbond substituents is 1. The molecule has 3 rings (SSSR count). The van der Waals surface area contributed by atoms with Crippen molar-refractivity contribution < 1.29 is 19.7 Å². The van der Waals surface area contributed by atoms with Gasteiger partial charge in [-0.15, -0.1) is 0 Å².